The number of para-hydroxylation sites is 1. The summed E-state index contributed by atoms with van der Waals surface area (Å²) in [6.07, 6.45) is -3.09. The minimum Gasteiger partial charge on any atom is -0.475 e. The third kappa shape index (κ3) is 5.86. The molecule has 2 atom stereocenters. The second-order valence-corrected chi connectivity index (χ2v) is 8.63. The van der Waals surface area contributed by atoms with Gasteiger partial charge in [-0.1, -0.05) is 35.5 Å². The lowest BCUT2D eigenvalue weighted by Gasteiger charge is -2.09. The Kier molecular flexibility index (Phi) is 6.88. The number of carboxylic acids is 1. The van der Waals surface area contributed by atoms with E-state index in [0.717, 1.165) is 59.9 Å². The molecule has 2 heterocycles. The van der Waals surface area contributed by atoms with E-state index in [0.29, 0.717) is 5.56 Å². The van der Waals surface area contributed by atoms with E-state index in [1.54, 1.807) is 0 Å². The summed E-state index contributed by atoms with van der Waals surface area (Å²) in [5, 5.41) is 22.2. The van der Waals surface area contributed by atoms with Crippen molar-refractivity contribution in [3.8, 4) is 11.3 Å². The molecule has 1 saturated heterocycles. The van der Waals surface area contributed by atoms with Crippen molar-refractivity contribution in [2.45, 2.75) is 19.6 Å². The predicted molar refractivity (Wildman–Crippen MR) is 122 cm³/mol. The van der Waals surface area contributed by atoms with Gasteiger partial charge in [0.05, 0.1) is 6.20 Å². The van der Waals surface area contributed by atoms with E-state index in [2.05, 4.69) is 20.9 Å². The number of benzene rings is 2. The summed E-state index contributed by atoms with van der Waals surface area (Å²) in [5.74, 6) is -0.537. The van der Waals surface area contributed by atoms with Crippen molar-refractivity contribution in [1.82, 2.24) is 20.3 Å². The molecular weight excluding hydrogens is 463 g/mol. The maximum Gasteiger partial charge on any atom is 0.490 e. The molecule has 1 aliphatic carbocycles. The van der Waals surface area contributed by atoms with E-state index < -0.39 is 12.1 Å². The molecule has 1 saturated carbocycles. The van der Waals surface area contributed by atoms with Gasteiger partial charge < -0.3 is 15.7 Å². The number of piperidine rings is 1. The van der Waals surface area contributed by atoms with Crippen LogP contribution in [0.5, 0.6) is 0 Å². The molecule has 184 valence electrons. The number of anilines is 1. The van der Waals surface area contributed by atoms with E-state index >= 15 is 0 Å². The van der Waals surface area contributed by atoms with E-state index in [1.807, 2.05) is 66.3 Å². The van der Waals surface area contributed by atoms with Crippen molar-refractivity contribution >= 4 is 17.6 Å². The van der Waals surface area contributed by atoms with Gasteiger partial charge in [0.15, 0.2) is 0 Å². The fourth-order valence-corrected chi connectivity index (χ4v) is 4.30. The molecule has 0 bridgehead atoms. The number of carbonyl (C=O) groups excluding carboxylic acids is 1. The number of hydrogen-bond acceptors (Lipinski definition) is 5. The molecule has 5 rings (SSSR count). The van der Waals surface area contributed by atoms with Gasteiger partial charge >= 0.3 is 12.1 Å². The molecule has 2 unspecified atom stereocenters. The number of carboxylic acid groups (broad SMARTS) is 1. The van der Waals surface area contributed by atoms with E-state index in [4.69, 9.17) is 9.90 Å². The van der Waals surface area contributed by atoms with Crippen molar-refractivity contribution in [1.29, 1.82) is 0 Å². The Morgan fingerprint density at radius 1 is 1.14 bits per heavy atom. The number of halogens is 3. The molecule has 8 nitrogen and oxygen atoms in total. The van der Waals surface area contributed by atoms with Crippen LogP contribution in [0, 0.1) is 24.7 Å². The Hall–Kier alpha value is -3.73. The maximum atomic E-state index is 12.7. The second kappa shape index (κ2) is 9.87. The number of aryl methyl sites for hydroxylation is 1. The number of nitrogens with one attached hydrogen (secondary N) is 2. The topological polar surface area (TPSA) is 109 Å². The van der Waals surface area contributed by atoms with Gasteiger partial charge in [0.2, 0.25) is 0 Å². The summed E-state index contributed by atoms with van der Waals surface area (Å²) in [7, 11) is 0. The van der Waals surface area contributed by atoms with Crippen LogP contribution >= 0.6 is 0 Å². The van der Waals surface area contributed by atoms with Gasteiger partial charge in [0.1, 0.15) is 5.69 Å². The zero-order chi connectivity index (χ0) is 25.2. The number of amides is 1. The van der Waals surface area contributed by atoms with Crippen LogP contribution in [0.3, 0.4) is 0 Å². The van der Waals surface area contributed by atoms with Crippen molar-refractivity contribution in [3.05, 3.63) is 65.9 Å². The number of aliphatic carboxylic acids is 1. The van der Waals surface area contributed by atoms with Gasteiger partial charge in [0, 0.05) is 23.4 Å². The average Bonchev–Trinajstić information content (AvgIpc) is 3.17. The molecule has 11 heteroatoms. The maximum absolute atomic E-state index is 12.7. The third-order valence-electron chi connectivity index (χ3n) is 6.26. The number of fused-ring (bicyclic) bond motifs is 1. The molecule has 2 aliphatic rings. The quantitative estimate of drug-likeness (QED) is 0.508. The molecule has 2 aromatic carbocycles. The summed E-state index contributed by atoms with van der Waals surface area (Å²) in [6.45, 7) is 5.14. The van der Waals surface area contributed by atoms with Crippen molar-refractivity contribution in [2.75, 3.05) is 18.4 Å². The smallest absolute Gasteiger partial charge is 0.475 e. The van der Waals surface area contributed by atoms with Crippen LogP contribution in [-0.4, -0.2) is 51.2 Å². The molecule has 1 aliphatic heterocycles. The Morgan fingerprint density at radius 3 is 2.43 bits per heavy atom. The van der Waals surface area contributed by atoms with E-state index in [-0.39, 0.29) is 5.91 Å². The van der Waals surface area contributed by atoms with Gasteiger partial charge in [-0.05, 0) is 61.5 Å². The van der Waals surface area contributed by atoms with Crippen molar-refractivity contribution in [3.63, 3.8) is 0 Å². The van der Waals surface area contributed by atoms with Gasteiger partial charge in [-0.25, -0.2) is 4.79 Å². The van der Waals surface area contributed by atoms with Crippen molar-refractivity contribution in [2.24, 2.45) is 17.8 Å². The van der Waals surface area contributed by atoms with Crippen molar-refractivity contribution < 1.29 is 27.9 Å². The van der Waals surface area contributed by atoms with Crippen LogP contribution in [0.25, 0.3) is 11.3 Å². The lowest BCUT2D eigenvalue weighted by Crippen LogP contribution is -2.21. The van der Waals surface area contributed by atoms with Crippen LogP contribution in [0.15, 0.2) is 54.7 Å². The fourth-order valence-electron chi connectivity index (χ4n) is 4.30. The van der Waals surface area contributed by atoms with Crippen LogP contribution in [0.4, 0.5) is 18.9 Å². The molecule has 2 fully saturated rings. The minimum atomic E-state index is -5.08. The molecule has 3 N–H and O–H groups in total. The Labute approximate surface area is 199 Å². The van der Waals surface area contributed by atoms with Gasteiger partial charge in [0.25, 0.3) is 5.91 Å². The molecule has 1 aromatic heterocycles. The number of alkyl halides is 3. The first-order valence-corrected chi connectivity index (χ1v) is 11.0. The molecule has 35 heavy (non-hydrogen) atoms. The SMILES string of the molecule is Cc1ccc(-c2cn(CC3C4CNCC43)nn2)cc1C(=O)Nc1ccccc1.O=C(O)C(F)(F)F. The monoisotopic (exact) mass is 487 g/mol. The first-order chi connectivity index (χ1) is 16.6. The largest absolute Gasteiger partial charge is 0.490 e. The third-order valence-corrected chi connectivity index (χ3v) is 6.26. The summed E-state index contributed by atoms with van der Waals surface area (Å²) >= 11 is 0. The number of carbonyl (C=O) groups is 2. The zero-order valence-electron chi connectivity index (χ0n) is 18.8. The lowest BCUT2D eigenvalue weighted by atomic mass is 10.0. The predicted octanol–water partition coefficient (Wildman–Crippen LogP) is 3.60. The number of aromatic nitrogens is 3. The molecule has 1 amide bonds. The molecule has 0 spiro atoms. The standard InChI is InChI=1S/C22H23N5O.C2HF3O2/c1-14-7-8-15(9-17(14)22(28)24-16-5-3-2-4-6-16)21-13-27(26-25-21)12-20-18-10-23-11-19(18)20;3-2(4,5)1(6)7/h2-9,13,18-20,23H,10-12H2,1H3,(H,24,28);(H,6,7). The molecule has 3 aromatic rings. The first-order valence-electron chi connectivity index (χ1n) is 11.0. The Bertz CT molecular complexity index is 1200. The number of hydrogen-bond donors (Lipinski definition) is 3. The summed E-state index contributed by atoms with van der Waals surface area (Å²) in [4.78, 5) is 21.6. The highest BCUT2D eigenvalue weighted by Gasteiger charge is 2.52. The van der Waals surface area contributed by atoms with Crippen LogP contribution < -0.4 is 10.6 Å². The first kappa shape index (κ1) is 24.4. The van der Waals surface area contributed by atoms with Crippen LogP contribution in [0.2, 0.25) is 0 Å². The summed E-state index contributed by atoms with van der Waals surface area (Å²) < 4.78 is 33.7. The fraction of sp³-hybridized carbons (Fsp3) is 0.333. The van der Waals surface area contributed by atoms with Crippen LogP contribution in [-0.2, 0) is 11.3 Å². The highest BCUT2D eigenvalue weighted by Crippen LogP contribution is 2.49. The van der Waals surface area contributed by atoms with Crippen LogP contribution in [0.1, 0.15) is 15.9 Å². The van der Waals surface area contributed by atoms with Gasteiger partial charge in [-0.3, -0.25) is 9.48 Å². The van der Waals surface area contributed by atoms with E-state index in [1.165, 1.54) is 0 Å². The molecular formula is C24H24F3N5O3. The Morgan fingerprint density at radius 2 is 1.80 bits per heavy atom. The summed E-state index contributed by atoms with van der Waals surface area (Å²) in [6, 6.07) is 15.4. The van der Waals surface area contributed by atoms with E-state index in [9.17, 15) is 18.0 Å². The summed E-state index contributed by atoms with van der Waals surface area (Å²) in [5.41, 5.74) is 4.08. The van der Waals surface area contributed by atoms with Gasteiger partial charge in [-0.2, -0.15) is 13.2 Å². The second-order valence-electron chi connectivity index (χ2n) is 8.63. The zero-order valence-corrected chi connectivity index (χ0v) is 18.8. The average molecular weight is 487 g/mol. The lowest BCUT2D eigenvalue weighted by molar-refractivity contribution is -0.192. The number of rotatable bonds is 5. The Balaban J connectivity index is 0.000000364. The minimum absolute atomic E-state index is 0.115. The number of nitrogens with zero attached hydrogens (tertiary/aromatic N) is 3. The normalized spacial score (nSPS) is 20.4. The van der Waals surface area contributed by atoms with Gasteiger partial charge in [-0.15, -0.1) is 5.10 Å². The highest BCUT2D eigenvalue weighted by atomic mass is 19.4. The molecule has 0 radical (unpaired) electrons. The highest BCUT2D eigenvalue weighted by molar-refractivity contribution is 6.05.